The van der Waals surface area contributed by atoms with E-state index in [1.54, 1.807) is 19.1 Å². The van der Waals surface area contributed by atoms with E-state index in [1.807, 2.05) is 0 Å². The Labute approximate surface area is 126 Å². The first-order chi connectivity index (χ1) is 9.47. The number of halogens is 1. The highest BCUT2D eigenvalue weighted by Crippen LogP contribution is 2.34. The molecule has 0 amide bonds. The molecule has 0 aliphatic heterocycles. The third kappa shape index (κ3) is 2.58. The summed E-state index contributed by atoms with van der Waals surface area (Å²) in [6.45, 7) is 9.34. The summed E-state index contributed by atoms with van der Waals surface area (Å²) >= 11 is 3.45. The number of nitrogens with zero attached hydrogens (tertiary/aromatic N) is 2. The van der Waals surface area contributed by atoms with Crippen molar-refractivity contribution in [2.45, 2.75) is 19.8 Å². The fourth-order valence-corrected chi connectivity index (χ4v) is 3.08. The highest BCUT2D eigenvalue weighted by molar-refractivity contribution is 9.11. The van der Waals surface area contributed by atoms with Crippen LogP contribution in [0.15, 0.2) is 35.4 Å². The lowest BCUT2D eigenvalue weighted by molar-refractivity contribution is 0.0955. The molecule has 1 heterocycles. The molecular weight excluding hydrogens is 318 g/mol. The van der Waals surface area contributed by atoms with E-state index in [-0.39, 0.29) is 17.6 Å². The molecule has 0 fully saturated rings. The summed E-state index contributed by atoms with van der Waals surface area (Å²) in [5.74, 6) is 0.299. The quantitative estimate of drug-likeness (QED) is 0.862. The third-order valence-corrected chi connectivity index (χ3v) is 4.23. The summed E-state index contributed by atoms with van der Waals surface area (Å²) in [6, 6.07) is 0. The molecular formula is C15H16BrN3O. The summed E-state index contributed by atoms with van der Waals surface area (Å²) < 4.78 is 0.854. The Hall–Kier alpha value is -1.75. The molecule has 4 nitrogen and oxygen atoms in total. The fraction of sp³-hybridized carbons (Fsp3) is 0.267. The average Bonchev–Trinajstić information content (AvgIpc) is 2.37. The zero-order valence-electron chi connectivity index (χ0n) is 11.3. The summed E-state index contributed by atoms with van der Waals surface area (Å²) in [5.41, 5.74) is 8.64. The van der Waals surface area contributed by atoms with Gasteiger partial charge >= 0.3 is 0 Å². The summed E-state index contributed by atoms with van der Waals surface area (Å²) in [4.78, 5) is 20.6. The number of rotatable bonds is 3. The van der Waals surface area contributed by atoms with Gasteiger partial charge in [0.15, 0.2) is 5.78 Å². The van der Waals surface area contributed by atoms with Crippen molar-refractivity contribution in [3.63, 3.8) is 0 Å². The van der Waals surface area contributed by atoms with Gasteiger partial charge in [-0.25, -0.2) is 9.97 Å². The van der Waals surface area contributed by atoms with E-state index >= 15 is 0 Å². The number of nitrogens with two attached hydrogens (primary N) is 1. The maximum absolute atomic E-state index is 12.3. The summed E-state index contributed by atoms with van der Waals surface area (Å²) in [6.07, 6.45) is 4.53. The maximum atomic E-state index is 12.3. The van der Waals surface area contributed by atoms with Crippen LogP contribution in [0.25, 0.3) is 0 Å². The molecule has 2 N–H and O–H groups in total. The largest absolute Gasteiger partial charge is 0.368 e. The van der Waals surface area contributed by atoms with E-state index < -0.39 is 0 Å². The minimum atomic E-state index is 0.0357. The van der Waals surface area contributed by atoms with Crippen LogP contribution in [0, 0.1) is 12.8 Å². The molecule has 0 saturated carbocycles. The SMILES string of the molecule is C=C/C(Br)=C(\C=C)C1CC(=O)c2c(C)nc(N)nc2C1. The van der Waals surface area contributed by atoms with E-state index in [0.29, 0.717) is 24.1 Å². The van der Waals surface area contributed by atoms with Gasteiger partial charge in [0.25, 0.3) is 0 Å². The van der Waals surface area contributed by atoms with Gasteiger partial charge in [-0.15, -0.1) is 0 Å². The van der Waals surface area contributed by atoms with Crippen molar-refractivity contribution in [1.82, 2.24) is 9.97 Å². The molecule has 104 valence electrons. The molecule has 0 bridgehead atoms. The lowest BCUT2D eigenvalue weighted by Gasteiger charge is -2.25. The molecule has 0 spiro atoms. The lowest BCUT2D eigenvalue weighted by Crippen LogP contribution is -2.25. The van der Waals surface area contributed by atoms with Crippen LogP contribution < -0.4 is 5.73 Å². The topological polar surface area (TPSA) is 68.9 Å². The van der Waals surface area contributed by atoms with Crippen molar-refractivity contribution >= 4 is 27.7 Å². The summed E-state index contributed by atoms with van der Waals surface area (Å²) in [7, 11) is 0. The Balaban J connectivity index is 2.49. The predicted molar refractivity (Wildman–Crippen MR) is 83.7 cm³/mol. The molecule has 0 saturated heterocycles. The number of ketones is 1. The smallest absolute Gasteiger partial charge is 0.220 e. The Morgan fingerprint density at radius 3 is 2.65 bits per heavy atom. The van der Waals surface area contributed by atoms with Gasteiger partial charge in [-0.2, -0.15) is 0 Å². The number of fused-ring (bicyclic) bond motifs is 1. The van der Waals surface area contributed by atoms with Crippen LogP contribution in [0.1, 0.15) is 28.2 Å². The van der Waals surface area contributed by atoms with Crippen molar-refractivity contribution < 1.29 is 4.79 Å². The van der Waals surface area contributed by atoms with Crippen molar-refractivity contribution in [2.75, 3.05) is 5.73 Å². The second-order valence-electron chi connectivity index (χ2n) is 4.73. The van der Waals surface area contributed by atoms with E-state index in [0.717, 1.165) is 15.7 Å². The van der Waals surface area contributed by atoms with Crippen molar-refractivity contribution in [1.29, 1.82) is 0 Å². The first kappa shape index (κ1) is 14.7. The molecule has 1 aliphatic carbocycles. The zero-order valence-corrected chi connectivity index (χ0v) is 12.9. The molecule has 20 heavy (non-hydrogen) atoms. The number of aryl methyl sites for hydroxylation is 1. The van der Waals surface area contributed by atoms with E-state index in [2.05, 4.69) is 39.1 Å². The molecule has 0 aromatic carbocycles. The monoisotopic (exact) mass is 333 g/mol. The van der Waals surface area contributed by atoms with E-state index in [4.69, 9.17) is 5.73 Å². The number of aromatic nitrogens is 2. The normalized spacial score (nSPS) is 19.1. The third-order valence-electron chi connectivity index (χ3n) is 3.45. The Morgan fingerprint density at radius 1 is 1.35 bits per heavy atom. The number of carbonyl (C=O) groups is 1. The Kier molecular flexibility index (Phi) is 4.18. The number of Topliss-reactive ketones (excluding diaryl/α,β-unsaturated/α-hetero) is 1. The first-order valence-corrected chi connectivity index (χ1v) is 7.08. The number of hydrogen-bond donors (Lipinski definition) is 1. The number of allylic oxidation sites excluding steroid dienone is 4. The van der Waals surface area contributed by atoms with E-state index in [9.17, 15) is 4.79 Å². The van der Waals surface area contributed by atoms with Crippen LogP contribution in [0.5, 0.6) is 0 Å². The first-order valence-electron chi connectivity index (χ1n) is 6.28. The number of nitrogen functional groups attached to an aromatic ring is 1. The van der Waals surface area contributed by atoms with Gasteiger partial charge < -0.3 is 5.73 Å². The Morgan fingerprint density at radius 2 is 2.05 bits per heavy atom. The molecule has 1 aromatic heterocycles. The molecule has 1 aliphatic rings. The number of hydrogen-bond acceptors (Lipinski definition) is 4. The molecule has 5 heteroatoms. The van der Waals surface area contributed by atoms with Gasteiger partial charge in [0.05, 0.1) is 17.0 Å². The zero-order chi connectivity index (χ0) is 14.9. The molecule has 2 rings (SSSR count). The van der Waals surface area contributed by atoms with Crippen LogP contribution in [-0.4, -0.2) is 15.8 Å². The van der Waals surface area contributed by atoms with Gasteiger partial charge in [-0.3, -0.25) is 4.79 Å². The molecule has 1 aromatic rings. The van der Waals surface area contributed by atoms with Crippen molar-refractivity contribution in [3.8, 4) is 0 Å². The van der Waals surface area contributed by atoms with Gasteiger partial charge in [0.2, 0.25) is 5.95 Å². The predicted octanol–water partition coefficient (Wildman–Crippen LogP) is 3.13. The van der Waals surface area contributed by atoms with Crippen LogP contribution in [-0.2, 0) is 6.42 Å². The fourth-order valence-electron chi connectivity index (χ4n) is 2.59. The van der Waals surface area contributed by atoms with Gasteiger partial charge in [-0.05, 0) is 24.8 Å². The van der Waals surface area contributed by atoms with Crippen LogP contribution in [0.2, 0.25) is 0 Å². The Bertz CT molecular complexity index is 634. The van der Waals surface area contributed by atoms with Crippen LogP contribution in [0.4, 0.5) is 5.95 Å². The van der Waals surface area contributed by atoms with Crippen LogP contribution in [0.3, 0.4) is 0 Å². The number of carbonyl (C=O) groups excluding carboxylic acids is 1. The minimum Gasteiger partial charge on any atom is -0.368 e. The van der Waals surface area contributed by atoms with Crippen molar-refractivity contribution in [2.24, 2.45) is 5.92 Å². The minimum absolute atomic E-state index is 0.0357. The second-order valence-corrected chi connectivity index (χ2v) is 5.58. The van der Waals surface area contributed by atoms with Gasteiger partial charge in [-0.1, -0.05) is 41.2 Å². The highest BCUT2D eigenvalue weighted by atomic mass is 79.9. The maximum Gasteiger partial charge on any atom is 0.220 e. The molecule has 1 atom stereocenters. The van der Waals surface area contributed by atoms with Crippen LogP contribution >= 0.6 is 15.9 Å². The summed E-state index contributed by atoms with van der Waals surface area (Å²) in [5, 5.41) is 0. The standard InChI is InChI=1S/C15H16BrN3O/c1-4-10(11(16)5-2)9-6-12-14(13(20)7-9)8(3)18-15(17)19-12/h4-5,9H,1-2,6-7H2,3H3,(H2,17,18,19)/b11-10-. The number of anilines is 1. The highest BCUT2D eigenvalue weighted by Gasteiger charge is 2.30. The lowest BCUT2D eigenvalue weighted by atomic mass is 9.80. The van der Waals surface area contributed by atoms with Gasteiger partial charge in [0, 0.05) is 10.9 Å². The molecule has 0 radical (unpaired) electrons. The molecule has 1 unspecified atom stereocenters. The second kappa shape index (κ2) is 5.71. The van der Waals surface area contributed by atoms with Gasteiger partial charge in [0.1, 0.15) is 0 Å². The average molecular weight is 334 g/mol. The van der Waals surface area contributed by atoms with Crippen molar-refractivity contribution in [3.05, 3.63) is 52.3 Å². The van der Waals surface area contributed by atoms with E-state index in [1.165, 1.54) is 0 Å².